The molecule has 0 N–H and O–H groups in total. The lowest BCUT2D eigenvalue weighted by atomic mass is 10.1. The molecule has 1 aliphatic heterocycles. The van der Waals surface area contributed by atoms with Crippen LogP contribution in [0.3, 0.4) is 0 Å². The van der Waals surface area contributed by atoms with Crippen LogP contribution in [0.4, 0.5) is 5.69 Å². The van der Waals surface area contributed by atoms with E-state index in [1.165, 1.54) is 0 Å². The lowest BCUT2D eigenvalue weighted by molar-refractivity contribution is -0.117. The standard InChI is InChI=1S/C14H17NO2/c1-4-11-8-14(16)15(9-11)12-5-6-13(17-3)10(2)7-12/h4-7,11H,1,8-9H2,2-3H3. The number of hydrogen-bond acceptors (Lipinski definition) is 2. The van der Waals surface area contributed by atoms with Gasteiger partial charge in [-0.1, -0.05) is 6.08 Å². The van der Waals surface area contributed by atoms with Gasteiger partial charge in [0.05, 0.1) is 7.11 Å². The monoisotopic (exact) mass is 231 g/mol. The van der Waals surface area contributed by atoms with Crippen molar-refractivity contribution < 1.29 is 9.53 Å². The van der Waals surface area contributed by atoms with Gasteiger partial charge in [-0.05, 0) is 30.7 Å². The van der Waals surface area contributed by atoms with Crippen LogP contribution in [0.2, 0.25) is 0 Å². The lowest BCUT2D eigenvalue weighted by Gasteiger charge is -2.17. The second-order valence-corrected chi connectivity index (χ2v) is 4.36. The molecule has 1 unspecified atom stereocenters. The Morgan fingerprint density at radius 1 is 1.53 bits per heavy atom. The number of nitrogens with zero attached hydrogens (tertiary/aromatic N) is 1. The van der Waals surface area contributed by atoms with Crippen molar-refractivity contribution in [2.75, 3.05) is 18.6 Å². The van der Waals surface area contributed by atoms with E-state index < -0.39 is 0 Å². The van der Waals surface area contributed by atoms with Crippen molar-refractivity contribution in [2.24, 2.45) is 5.92 Å². The summed E-state index contributed by atoms with van der Waals surface area (Å²) in [7, 11) is 1.65. The van der Waals surface area contributed by atoms with Crippen molar-refractivity contribution in [3.63, 3.8) is 0 Å². The van der Waals surface area contributed by atoms with Gasteiger partial charge >= 0.3 is 0 Å². The molecule has 17 heavy (non-hydrogen) atoms. The summed E-state index contributed by atoms with van der Waals surface area (Å²) in [6, 6.07) is 5.82. The van der Waals surface area contributed by atoms with Crippen molar-refractivity contribution in [3.8, 4) is 5.75 Å². The zero-order valence-corrected chi connectivity index (χ0v) is 10.3. The summed E-state index contributed by atoms with van der Waals surface area (Å²) in [5.74, 6) is 1.28. The summed E-state index contributed by atoms with van der Waals surface area (Å²) >= 11 is 0. The predicted molar refractivity (Wildman–Crippen MR) is 68.4 cm³/mol. The average molecular weight is 231 g/mol. The Bertz CT molecular complexity index is 454. The highest BCUT2D eigenvalue weighted by atomic mass is 16.5. The molecule has 1 heterocycles. The van der Waals surface area contributed by atoms with Gasteiger partial charge < -0.3 is 9.64 Å². The number of benzene rings is 1. The Morgan fingerprint density at radius 3 is 2.82 bits per heavy atom. The summed E-state index contributed by atoms with van der Waals surface area (Å²) in [4.78, 5) is 13.7. The van der Waals surface area contributed by atoms with E-state index in [1.807, 2.05) is 36.1 Å². The minimum Gasteiger partial charge on any atom is -0.496 e. The maximum atomic E-state index is 11.9. The SMILES string of the molecule is C=CC1CC(=O)N(c2ccc(OC)c(C)c2)C1. The van der Waals surface area contributed by atoms with Gasteiger partial charge in [0, 0.05) is 24.6 Å². The van der Waals surface area contributed by atoms with Gasteiger partial charge in [0.15, 0.2) is 0 Å². The first-order chi connectivity index (χ1) is 8.15. The van der Waals surface area contributed by atoms with Gasteiger partial charge in [-0.15, -0.1) is 6.58 Å². The number of anilines is 1. The fourth-order valence-electron chi connectivity index (χ4n) is 2.17. The van der Waals surface area contributed by atoms with E-state index >= 15 is 0 Å². The number of ether oxygens (including phenoxy) is 1. The van der Waals surface area contributed by atoms with Crippen LogP contribution < -0.4 is 9.64 Å². The third kappa shape index (κ3) is 2.18. The predicted octanol–water partition coefficient (Wildman–Crippen LogP) is 2.54. The van der Waals surface area contributed by atoms with E-state index in [9.17, 15) is 4.79 Å². The van der Waals surface area contributed by atoms with E-state index in [4.69, 9.17) is 4.74 Å². The van der Waals surface area contributed by atoms with Crippen LogP contribution in [0.25, 0.3) is 0 Å². The summed E-state index contributed by atoms with van der Waals surface area (Å²) in [6.07, 6.45) is 2.42. The summed E-state index contributed by atoms with van der Waals surface area (Å²) in [5, 5.41) is 0. The summed E-state index contributed by atoms with van der Waals surface area (Å²) in [5.41, 5.74) is 1.98. The molecule has 0 spiro atoms. The number of methoxy groups -OCH3 is 1. The molecule has 1 saturated heterocycles. The van der Waals surface area contributed by atoms with Gasteiger partial charge in [0.2, 0.25) is 5.91 Å². The first kappa shape index (κ1) is 11.7. The third-order valence-corrected chi connectivity index (χ3v) is 3.18. The molecule has 0 aliphatic carbocycles. The number of carbonyl (C=O) groups excluding carboxylic acids is 1. The number of hydrogen-bond donors (Lipinski definition) is 0. The molecule has 90 valence electrons. The van der Waals surface area contributed by atoms with Crippen molar-refractivity contribution in [1.29, 1.82) is 0 Å². The Kier molecular flexibility index (Phi) is 3.18. The molecule has 1 amide bonds. The minimum atomic E-state index is 0.166. The van der Waals surface area contributed by atoms with Crippen LogP contribution in [0.1, 0.15) is 12.0 Å². The van der Waals surface area contributed by atoms with Gasteiger partial charge in [0.25, 0.3) is 0 Å². The molecular formula is C14H17NO2. The zero-order chi connectivity index (χ0) is 12.4. The lowest BCUT2D eigenvalue weighted by Crippen LogP contribution is -2.24. The molecule has 0 saturated carbocycles. The Morgan fingerprint density at radius 2 is 2.29 bits per heavy atom. The molecule has 1 fully saturated rings. The van der Waals surface area contributed by atoms with Crippen LogP contribution in [-0.2, 0) is 4.79 Å². The van der Waals surface area contributed by atoms with E-state index in [-0.39, 0.29) is 11.8 Å². The van der Waals surface area contributed by atoms with Crippen molar-refractivity contribution in [3.05, 3.63) is 36.4 Å². The summed E-state index contributed by atoms with van der Waals surface area (Å²) in [6.45, 7) is 6.46. The maximum Gasteiger partial charge on any atom is 0.227 e. The normalized spacial score (nSPS) is 19.5. The maximum absolute atomic E-state index is 11.9. The van der Waals surface area contributed by atoms with E-state index in [2.05, 4.69) is 6.58 Å². The van der Waals surface area contributed by atoms with Crippen LogP contribution in [0.15, 0.2) is 30.9 Å². The highest BCUT2D eigenvalue weighted by Gasteiger charge is 2.28. The van der Waals surface area contributed by atoms with Crippen molar-refractivity contribution in [2.45, 2.75) is 13.3 Å². The van der Waals surface area contributed by atoms with Crippen LogP contribution in [-0.4, -0.2) is 19.6 Å². The molecule has 0 radical (unpaired) electrons. The van der Waals surface area contributed by atoms with Crippen LogP contribution >= 0.6 is 0 Å². The Balaban J connectivity index is 2.26. The highest BCUT2D eigenvalue weighted by molar-refractivity contribution is 5.96. The third-order valence-electron chi connectivity index (χ3n) is 3.18. The second-order valence-electron chi connectivity index (χ2n) is 4.36. The van der Waals surface area contributed by atoms with E-state index in [0.29, 0.717) is 6.42 Å². The van der Waals surface area contributed by atoms with Gasteiger partial charge in [-0.3, -0.25) is 4.79 Å². The van der Waals surface area contributed by atoms with E-state index in [0.717, 1.165) is 23.5 Å². The molecule has 0 bridgehead atoms. The largest absolute Gasteiger partial charge is 0.496 e. The molecule has 0 aromatic heterocycles. The first-order valence-corrected chi connectivity index (χ1v) is 5.73. The molecular weight excluding hydrogens is 214 g/mol. The average Bonchev–Trinajstić information content (AvgIpc) is 2.70. The highest BCUT2D eigenvalue weighted by Crippen LogP contribution is 2.29. The van der Waals surface area contributed by atoms with Crippen LogP contribution in [0, 0.1) is 12.8 Å². The molecule has 3 heteroatoms. The molecule has 1 aromatic rings. The molecule has 1 atom stereocenters. The molecule has 2 rings (SSSR count). The van der Waals surface area contributed by atoms with E-state index in [1.54, 1.807) is 7.11 Å². The number of aryl methyl sites for hydroxylation is 1. The molecule has 1 aromatic carbocycles. The second kappa shape index (κ2) is 4.62. The van der Waals surface area contributed by atoms with Gasteiger partial charge in [-0.25, -0.2) is 0 Å². The fraction of sp³-hybridized carbons (Fsp3) is 0.357. The first-order valence-electron chi connectivity index (χ1n) is 5.73. The van der Waals surface area contributed by atoms with Gasteiger partial charge in [-0.2, -0.15) is 0 Å². The fourth-order valence-corrected chi connectivity index (χ4v) is 2.17. The quantitative estimate of drug-likeness (QED) is 0.748. The molecule has 3 nitrogen and oxygen atoms in total. The molecule has 1 aliphatic rings. The van der Waals surface area contributed by atoms with Crippen molar-refractivity contribution in [1.82, 2.24) is 0 Å². The Labute approximate surface area is 102 Å². The summed E-state index contributed by atoms with van der Waals surface area (Å²) < 4.78 is 5.21. The number of amides is 1. The smallest absolute Gasteiger partial charge is 0.227 e. The Hall–Kier alpha value is -1.77. The number of carbonyl (C=O) groups is 1. The van der Waals surface area contributed by atoms with Crippen LogP contribution in [0.5, 0.6) is 5.75 Å². The topological polar surface area (TPSA) is 29.5 Å². The van der Waals surface area contributed by atoms with Crippen molar-refractivity contribution >= 4 is 11.6 Å². The minimum absolute atomic E-state index is 0.166. The number of rotatable bonds is 3. The van der Waals surface area contributed by atoms with Gasteiger partial charge in [0.1, 0.15) is 5.75 Å². The zero-order valence-electron chi connectivity index (χ0n) is 10.3.